The molecule has 1 rings (SSSR count). The maximum Gasteiger partial charge on any atom is 0.335 e. The lowest BCUT2D eigenvalue weighted by molar-refractivity contribution is -0.154. The highest BCUT2D eigenvalue weighted by Crippen LogP contribution is 2.16. The number of likely N-dealkylation sites (N-methyl/N-ethyl adjacent to an activating group) is 1. The zero-order valence-electron chi connectivity index (χ0n) is 9.15. The Balaban J connectivity index is 3.00. The van der Waals surface area contributed by atoms with Crippen molar-refractivity contribution < 1.29 is 24.9 Å². The Hall–Kier alpha value is -2.08. The van der Waals surface area contributed by atoms with Crippen LogP contribution < -0.4 is 4.90 Å². The first kappa shape index (κ1) is 13.0. The van der Waals surface area contributed by atoms with Gasteiger partial charge in [-0.05, 0) is 12.1 Å². The number of nitrogens with zero attached hydrogens (tertiary/aromatic N) is 1. The average Bonchev–Trinajstić information content (AvgIpc) is 2.29. The van der Waals surface area contributed by atoms with Crippen LogP contribution >= 0.6 is 0 Å². The molecule has 0 heterocycles. The van der Waals surface area contributed by atoms with E-state index in [1.165, 1.54) is 11.9 Å². The van der Waals surface area contributed by atoms with Crippen LogP contribution in [0.15, 0.2) is 30.3 Å². The van der Waals surface area contributed by atoms with Crippen LogP contribution in [0.4, 0.5) is 5.69 Å². The summed E-state index contributed by atoms with van der Waals surface area (Å²) < 4.78 is 0. The molecule has 1 aromatic carbocycles. The second-order valence-electron chi connectivity index (χ2n) is 3.51. The van der Waals surface area contributed by atoms with Crippen LogP contribution in [0.25, 0.3) is 0 Å². The van der Waals surface area contributed by atoms with Crippen molar-refractivity contribution in [1.29, 1.82) is 0 Å². The maximum atomic E-state index is 11.0. The van der Waals surface area contributed by atoms with Gasteiger partial charge in [-0.15, -0.1) is 0 Å². The summed E-state index contributed by atoms with van der Waals surface area (Å²) in [6.07, 6.45) is -1.99. The Kier molecular flexibility index (Phi) is 4.06. The molecule has 0 amide bonds. The minimum Gasteiger partial charge on any atom is -0.480 e. The summed E-state index contributed by atoms with van der Waals surface area (Å²) in [6.45, 7) is 0. The molecule has 3 N–H and O–H groups in total. The first-order valence-electron chi connectivity index (χ1n) is 4.86. The van der Waals surface area contributed by atoms with Crippen molar-refractivity contribution in [2.24, 2.45) is 0 Å². The monoisotopic (exact) mass is 239 g/mol. The van der Waals surface area contributed by atoms with Gasteiger partial charge in [0.25, 0.3) is 0 Å². The summed E-state index contributed by atoms with van der Waals surface area (Å²) in [7, 11) is 1.42. The van der Waals surface area contributed by atoms with Gasteiger partial charge in [0, 0.05) is 12.7 Å². The molecular weight excluding hydrogens is 226 g/mol. The highest BCUT2D eigenvalue weighted by molar-refractivity contribution is 5.87. The third-order valence-corrected chi connectivity index (χ3v) is 2.39. The topological polar surface area (TPSA) is 98.1 Å². The number of aliphatic carboxylic acids is 2. The fourth-order valence-corrected chi connectivity index (χ4v) is 1.47. The molecule has 1 aromatic rings. The van der Waals surface area contributed by atoms with Crippen LogP contribution in [0.3, 0.4) is 0 Å². The molecule has 0 saturated carbocycles. The Morgan fingerprint density at radius 1 is 1.12 bits per heavy atom. The molecule has 0 fully saturated rings. The van der Waals surface area contributed by atoms with E-state index in [1.807, 2.05) is 0 Å². The van der Waals surface area contributed by atoms with E-state index in [0.717, 1.165) is 0 Å². The number of rotatable bonds is 5. The quantitative estimate of drug-likeness (QED) is 0.670. The number of aliphatic hydroxyl groups excluding tert-OH is 1. The number of benzene rings is 1. The van der Waals surface area contributed by atoms with E-state index >= 15 is 0 Å². The van der Waals surface area contributed by atoms with E-state index in [0.29, 0.717) is 5.69 Å². The van der Waals surface area contributed by atoms with Gasteiger partial charge < -0.3 is 20.2 Å². The van der Waals surface area contributed by atoms with Crippen molar-refractivity contribution >= 4 is 17.6 Å². The highest BCUT2D eigenvalue weighted by atomic mass is 16.4. The summed E-state index contributed by atoms with van der Waals surface area (Å²) in [6, 6.07) is 6.86. The first-order chi connectivity index (χ1) is 7.95. The molecule has 2 atom stereocenters. The van der Waals surface area contributed by atoms with E-state index in [1.54, 1.807) is 30.3 Å². The summed E-state index contributed by atoms with van der Waals surface area (Å²) in [5.41, 5.74) is 0.514. The molecule has 0 aliphatic carbocycles. The summed E-state index contributed by atoms with van der Waals surface area (Å²) in [5.74, 6) is -2.97. The molecule has 0 radical (unpaired) electrons. The molecule has 0 spiro atoms. The Bertz CT molecular complexity index is 406. The fourth-order valence-electron chi connectivity index (χ4n) is 1.47. The van der Waals surface area contributed by atoms with E-state index in [2.05, 4.69) is 0 Å². The molecule has 0 bridgehead atoms. The van der Waals surface area contributed by atoms with Crippen molar-refractivity contribution in [2.45, 2.75) is 12.1 Å². The normalized spacial score (nSPS) is 13.8. The lowest BCUT2D eigenvalue weighted by Crippen LogP contribution is -2.50. The molecule has 2 unspecified atom stereocenters. The molecule has 92 valence electrons. The predicted octanol–water partition coefficient (Wildman–Crippen LogP) is 0.0215. The summed E-state index contributed by atoms with van der Waals surface area (Å²) >= 11 is 0. The number of hydrogen-bond acceptors (Lipinski definition) is 4. The maximum absolute atomic E-state index is 11.0. The minimum absolute atomic E-state index is 0.514. The summed E-state index contributed by atoms with van der Waals surface area (Å²) in [4.78, 5) is 22.8. The van der Waals surface area contributed by atoms with Crippen LogP contribution in [0.2, 0.25) is 0 Å². The average molecular weight is 239 g/mol. The molecule has 6 heteroatoms. The number of carbonyl (C=O) groups is 2. The molecule has 0 saturated heterocycles. The first-order valence-corrected chi connectivity index (χ1v) is 4.86. The molecule has 0 aliphatic rings. The largest absolute Gasteiger partial charge is 0.480 e. The molecule has 0 aromatic heterocycles. The molecule has 6 nitrogen and oxygen atoms in total. The zero-order valence-corrected chi connectivity index (χ0v) is 9.15. The lowest BCUT2D eigenvalue weighted by Gasteiger charge is -2.28. The van der Waals surface area contributed by atoms with Gasteiger partial charge in [-0.1, -0.05) is 18.2 Å². The molecular formula is C11H13NO5. The predicted molar refractivity (Wildman–Crippen MR) is 59.9 cm³/mol. The second-order valence-corrected chi connectivity index (χ2v) is 3.51. The van der Waals surface area contributed by atoms with Gasteiger partial charge in [-0.2, -0.15) is 0 Å². The summed E-state index contributed by atoms with van der Waals surface area (Å²) in [5, 5.41) is 27.0. The lowest BCUT2D eigenvalue weighted by atomic mass is 10.1. The third kappa shape index (κ3) is 2.94. The van der Waals surface area contributed by atoms with Gasteiger partial charge in [0.15, 0.2) is 12.1 Å². The van der Waals surface area contributed by atoms with Crippen LogP contribution in [0.1, 0.15) is 0 Å². The van der Waals surface area contributed by atoms with Crippen LogP contribution in [-0.2, 0) is 9.59 Å². The number of aliphatic hydroxyl groups is 1. The molecule has 0 aliphatic heterocycles. The number of hydrogen-bond donors (Lipinski definition) is 3. The van der Waals surface area contributed by atoms with Gasteiger partial charge in [-0.3, -0.25) is 0 Å². The number of para-hydroxylation sites is 1. The highest BCUT2D eigenvalue weighted by Gasteiger charge is 2.35. The fraction of sp³-hybridized carbons (Fsp3) is 0.273. The van der Waals surface area contributed by atoms with Crippen molar-refractivity contribution in [1.82, 2.24) is 0 Å². The Morgan fingerprint density at radius 2 is 1.65 bits per heavy atom. The van der Waals surface area contributed by atoms with E-state index < -0.39 is 24.1 Å². The molecule has 17 heavy (non-hydrogen) atoms. The van der Waals surface area contributed by atoms with Crippen molar-refractivity contribution in [3.63, 3.8) is 0 Å². The van der Waals surface area contributed by atoms with Crippen molar-refractivity contribution in [3.8, 4) is 0 Å². The Labute approximate surface area is 97.7 Å². The van der Waals surface area contributed by atoms with Crippen molar-refractivity contribution in [2.75, 3.05) is 11.9 Å². The minimum atomic E-state index is -1.99. The number of carboxylic acids is 2. The number of carboxylic acid groups (broad SMARTS) is 2. The Morgan fingerprint density at radius 3 is 2.06 bits per heavy atom. The SMILES string of the molecule is CN(c1ccccc1)C(C(=O)O)C(O)C(=O)O. The van der Waals surface area contributed by atoms with Gasteiger partial charge in [-0.25, -0.2) is 9.59 Å². The number of anilines is 1. The van der Waals surface area contributed by atoms with Crippen LogP contribution in [-0.4, -0.2) is 46.5 Å². The van der Waals surface area contributed by atoms with E-state index in [4.69, 9.17) is 10.2 Å². The van der Waals surface area contributed by atoms with Gasteiger partial charge in [0.1, 0.15) is 0 Å². The van der Waals surface area contributed by atoms with Crippen molar-refractivity contribution in [3.05, 3.63) is 30.3 Å². The van der Waals surface area contributed by atoms with Crippen LogP contribution in [0.5, 0.6) is 0 Å². The van der Waals surface area contributed by atoms with Gasteiger partial charge in [0.05, 0.1) is 0 Å². The standard InChI is InChI=1S/C11H13NO5/c1-12(7-5-3-2-4-6-7)8(10(14)15)9(13)11(16)17/h2-6,8-9,13H,1H3,(H,14,15)(H,16,17). The smallest absolute Gasteiger partial charge is 0.335 e. The van der Waals surface area contributed by atoms with E-state index in [9.17, 15) is 14.7 Å². The van der Waals surface area contributed by atoms with E-state index in [-0.39, 0.29) is 0 Å². The zero-order chi connectivity index (χ0) is 13.0. The van der Waals surface area contributed by atoms with Crippen LogP contribution in [0, 0.1) is 0 Å². The second kappa shape index (κ2) is 5.31. The van der Waals surface area contributed by atoms with Gasteiger partial charge in [0.2, 0.25) is 0 Å². The third-order valence-electron chi connectivity index (χ3n) is 2.39. The van der Waals surface area contributed by atoms with Gasteiger partial charge >= 0.3 is 11.9 Å².